The zero-order chi connectivity index (χ0) is 12.8. The average Bonchev–Trinajstić information content (AvgIpc) is 2.37. The molecular weight excluding hydrogens is 220 g/mol. The van der Waals surface area contributed by atoms with Gasteiger partial charge in [-0.2, -0.15) is 0 Å². The van der Waals surface area contributed by atoms with Crippen LogP contribution in [0, 0.1) is 0 Å². The lowest BCUT2D eigenvalue weighted by Gasteiger charge is -2.13. The molecule has 0 aliphatic heterocycles. The molecule has 0 aliphatic carbocycles. The van der Waals surface area contributed by atoms with Crippen molar-refractivity contribution in [3.05, 3.63) is 36.4 Å². The number of nitrogens with one attached hydrogen (secondary N) is 2. The maximum atomic E-state index is 11.1. The van der Waals surface area contributed by atoms with Crippen molar-refractivity contribution in [1.82, 2.24) is 10.9 Å². The SMILES string of the molecule is C=C(NN)c1ccc(O[C@@H](C)C(=O)NN)cc1. The van der Waals surface area contributed by atoms with E-state index in [1.807, 2.05) is 5.43 Å². The number of hydrogen-bond donors (Lipinski definition) is 4. The number of benzene rings is 1. The van der Waals surface area contributed by atoms with E-state index in [1.54, 1.807) is 31.2 Å². The summed E-state index contributed by atoms with van der Waals surface area (Å²) in [6.07, 6.45) is -0.651. The fourth-order valence-electron chi connectivity index (χ4n) is 1.19. The fourth-order valence-corrected chi connectivity index (χ4v) is 1.19. The van der Waals surface area contributed by atoms with Crippen molar-refractivity contribution in [3.8, 4) is 5.75 Å². The summed E-state index contributed by atoms with van der Waals surface area (Å²) in [6, 6.07) is 7.01. The first-order chi connectivity index (χ1) is 8.08. The van der Waals surface area contributed by atoms with Crippen molar-refractivity contribution in [2.75, 3.05) is 0 Å². The van der Waals surface area contributed by atoms with Crippen molar-refractivity contribution in [2.45, 2.75) is 13.0 Å². The number of carbonyl (C=O) groups excluding carboxylic acids is 1. The van der Waals surface area contributed by atoms with Crippen LogP contribution in [0.15, 0.2) is 30.8 Å². The maximum absolute atomic E-state index is 11.1. The second-order valence-electron chi connectivity index (χ2n) is 3.42. The van der Waals surface area contributed by atoms with E-state index in [-0.39, 0.29) is 5.91 Å². The number of nitrogens with two attached hydrogens (primary N) is 2. The lowest BCUT2D eigenvalue weighted by atomic mass is 10.2. The molecule has 0 aliphatic rings. The maximum Gasteiger partial charge on any atom is 0.274 e. The number of amides is 1. The highest BCUT2D eigenvalue weighted by Gasteiger charge is 2.12. The topological polar surface area (TPSA) is 102 Å². The van der Waals surface area contributed by atoms with Crippen LogP contribution in [0.5, 0.6) is 5.75 Å². The Hall–Kier alpha value is -2.05. The molecule has 6 N–H and O–H groups in total. The Bertz CT molecular complexity index is 402. The molecule has 0 saturated carbocycles. The molecule has 0 saturated heterocycles. The third kappa shape index (κ3) is 3.47. The Balaban J connectivity index is 2.68. The fraction of sp³-hybridized carbons (Fsp3) is 0.182. The van der Waals surface area contributed by atoms with Gasteiger partial charge in [-0.1, -0.05) is 6.58 Å². The van der Waals surface area contributed by atoms with Crippen LogP contribution < -0.4 is 27.3 Å². The van der Waals surface area contributed by atoms with E-state index in [2.05, 4.69) is 12.0 Å². The number of ether oxygens (including phenoxy) is 1. The average molecular weight is 236 g/mol. The van der Waals surface area contributed by atoms with Crippen LogP contribution in [0.25, 0.3) is 5.70 Å². The molecule has 1 atom stereocenters. The molecule has 1 rings (SSSR count). The van der Waals surface area contributed by atoms with Gasteiger partial charge >= 0.3 is 0 Å². The zero-order valence-corrected chi connectivity index (χ0v) is 9.57. The van der Waals surface area contributed by atoms with Gasteiger partial charge < -0.3 is 10.2 Å². The second-order valence-corrected chi connectivity index (χ2v) is 3.42. The number of hydrogen-bond acceptors (Lipinski definition) is 5. The summed E-state index contributed by atoms with van der Waals surface area (Å²) in [5.41, 5.74) is 5.92. The smallest absolute Gasteiger partial charge is 0.274 e. The van der Waals surface area contributed by atoms with Crippen LogP contribution >= 0.6 is 0 Å². The van der Waals surface area contributed by atoms with Gasteiger partial charge in [-0.25, -0.2) is 5.84 Å². The highest BCUT2D eigenvalue weighted by atomic mass is 16.5. The van der Waals surface area contributed by atoms with Gasteiger partial charge in [-0.15, -0.1) is 0 Å². The zero-order valence-electron chi connectivity index (χ0n) is 9.57. The van der Waals surface area contributed by atoms with Crippen molar-refractivity contribution in [3.63, 3.8) is 0 Å². The van der Waals surface area contributed by atoms with Crippen LogP contribution in [0.4, 0.5) is 0 Å². The third-order valence-corrected chi connectivity index (χ3v) is 2.20. The molecule has 6 nitrogen and oxygen atoms in total. The van der Waals surface area contributed by atoms with Crippen LogP contribution in [0.1, 0.15) is 12.5 Å². The third-order valence-electron chi connectivity index (χ3n) is 2.20. The minimum Gasteiger partial charge on any atom is -0.481 e. The van der Waals surface area contributed by atoms with Crippen LogP contribution in [0.3, 0.4) is 0 Å². The lowest BCUT2D eigenvalue weighted by molar-refractivity contribution is -0.127. The van der Waals surface area contributed by atoms with E-state index in [1.165, 1.54) is 0 Å². The molecule has 6 heteroatoms. The largest absolute Gasteiger partial charge is 0.481 e. The Morgan fingerprint density at radius 2 is 1.88 bits per heavy atom. The normalized spacial score (nSPS) is 11.5. The minimum absolute atomic E-state index is 0.387. The molecule has 1 aromatic carbocycles. The molecule has 0 bridgehead atoms. The highest BCUT2D eigenvalue weighted by molar-refractivity contribution is 5.80. The summed E-state index contributed by atoms with van der Waals surface area (Å²) >= 11 is 0. The summed E-state index contributed by atoms with van der Waals surface area (Å²) in [5.74, 6) is 10.4. The van der Waals surface area contributed by atoms with Crippen molar-refractivity contribution < 1.29 is 9.53 Å². The highest BCUT2D eigenvalue weighted by Crippen LogP contribution is 2.16. The number of rotatable bonds is 5. The van der Waals surface area contributed by atoms with E-state index >= 15 is 0 Å². The molecule has 92 valence electrons. The molecule has 0 aromatic heterocycles. The van der Waals surface area contributed by atoms with Crippen LogP contribution in [-0.4, -0.2) is 12.0 Å². The molecule has 0 fully saturated rings. The summed E-state index contributed by atoms with van der Waals surface area (Å²) < 4.78 is 5.36. The molecular formula is C11H16N4O2. The molecule has 1 amide bonds. The van der Waals surface area contributed by atoms with Gasteiger partial charge in [0.15, 0.2) is 6.10 Å². The van der Waals surface area contributed by atoms with E-state index in [0.717, 1.165) is 5.56 Å². The number of carbonyl (C=O) groups is 1. The molecule has 0 heterocycles. The standard InChI is InChI=1S/C11H16N4O2/c1-7(14-12)9-3-5-10(6-4-9)17-8(2)11(16)15-13/h3-6,8,14H,1,12-13H2,2H3,(H,15,16)/t8-/m0/s1. The summed E-state index contributed by atoms with van der Waals surface area (Å²) in [5, 5.41) is 0. The first kappa shape index (κ1) is 13.0. The molecule has 0 spiro atoms. The van der Waals surface area contributed by atoms with Crippen LogP contribution in [0.2, 0.25) is 0 Å². The summed E-state index contributed by atoms with van der Waals surface area (Å²) in [6.45, 7) is 5.33. The summed E-state index contributed by atoms with van der Waals surface area (Å²) in [4.78, 5) is 11.1. The van der Waals surface area contributed by atoms with E-state index < -0.39 is 6.10 Å². The van der Waals surface area contributed by atoms with Gasteiger partial charge in [0.25, 0.3) is 5.91 Å². The quantitative estimate of drug-likeness (QED) is 0.324. The van der Waals surface area contributed by atoms with Gasteiger partial charge in [0.05, 0.1) is 0 Å². The Morgan fingerprint density at radius 1 is 1.29 bits per heavy atom. The van der Waals surface area contributed by atoms with Gasteiger partial charge in [0.1, 0.15) is 5.75 Å². The lowest BCUT2D eigenvalue weighted by Crippen LogP contribution is -2.40. The van der Waals surface area contributed by atoms with Crippen LogP contribution in [-0.2, 0) is 4.79 Å². The predicted octanol–water partition coefficient (Wildman–Crippen LogP) is -0.122. The molecule has 0 unspecified atom stereocenters. The first-order valence-electron chi connectivity index (χ1n) is 5.01. The summed E-state index contributed by atoms with van der Waals surface area (Å²) in [7, 11) is 0. The monoisotopic (exact) mass is 236 g/mol. The Kier molecular flexibility index (Phi) is 4.50. The van der Waals surface area contributed by atoms with E-state index in [9.17, 15) is 4.79 Å². The number of hydrazine groups is 2. The minimum atomic E-state index is -0.651. The second kappa shape index (κ2) is 5.88. The van der Waals surface area contributed by atoms with Gasteiger partial charge in [-0.3, -0.25) is 16.1 Å². The van der Waals surface area contributed by atoms with E-state index in [0.29, 0.717) is 11.4 Å². The van der Waals surface area contributed by atoms with Crippen molar-refractivity contribution in [1.29, 1.82) is 0 Å². The molecule has 17 heavy (non-hydrogen) atoms. The van der Waals surface area contributed by atoms with Crippen molar-refractivity contribution >= 4 is 11.6 Å². The van der Waals surface area contributed by atoms with Crippen molar-refractivity contribution in [2.24, 2.45) is 11.7 Å². The Morgan fingerprint density at radius 3 is 2.35 bits per heavy atom. The Labute approximate surface area is 99.6 Å². The molecule has 1 aromatic rings. The first-order valence-corrected chi connectivity index (χ1v) is 5.01. The predicted molar refractivity (Wildman–Crippen MR) is 65.2 cm³/mol. The van der Waals surface area contributed by atoms with Gasteiger partial charge in [0, 0.05) is 5.70 Å². The van der Waals surface area contributed by atoms with Gasteiger partial charge in [0.2, 0.25) is 0 Å². The van der Waals surface area contributed by atoms with Gasteiger partial charge in [-0.05, 0) is 36.8 Å². The molecule has 0 radical (unpaired) electrons. The van der Waals surface area contributed by atoms with E-state index in [4.69, 9.17) is 16.4 Å².